The molecule has 0 spiro atoms. The lowest BCUT2D eigenvalue weighted by Crippen LogP contribution is -2.43. The van der Waals surface area contributed by atoms with Crippen molar-refractivity contribution < 1.29 is 31.2 Å². The summed E-state index contributed by atoms with van der Waals surface area (Å²) in [6, 6.07) is 12.9. The second-order valence-electron chi connectivity index (χ2n) is 7.21. The molecule has 2 aromatic rings. The molecule has 1 aliphatic rings. The fourth-order valence-electron chi connectivity index (χ4n) is 3.08. The lowest BCUT2D eigenvalue weighted by atomic mass is 10.2. The molecule has 0 fully saturated rings. The number of sulfonamides is 1. The van der Waals surface area contributed by atoms with Crippen LogP contribution in [-0.2, 0) is 29.4 Å². The van der Waals surface area contributed by atoms with E-state index in [4.69, 9.17) is 4.74 Å². The molecule has 2 aromatic carbocycles. The van der Waals surface area contributed by atoms with Gasteiger partial charge in [-0.25, -0.2) is 25.9 Å². The maximum atomic E-state index is 12.9. The number of sulfone groups is 1. The highest BCUT2D eigenvalue weighted by Gasteiger charge is 2.32. The zero-order chi connectivity index (χ0) is 23.5. The maximum Gasteiger partial charge on any atom is 0.338 e. The Bertz CT molecular complexity index is 1240. The highest BCUT2D eigenvalue weighted by atomic mass is 32.2. The fraction of sp³-hybridized carbons (Fsp3) is 0.238. The Balaban J connectivity index is 1.72. The molecule has 9 nitrogen and oxygen atoms in total. The number of carbonyl (C=O) groups is 2. The predicted molar refractivity (Wildman–Crippen MR) is 118 cm³/mol. The average Bonchev–Trinajstić information content (AvgIpc) is 3.12. The first-order chi connectivity index (χ1) is 15.0. The van der Waals surface area contributed by atoms with Gasteiger partial charge in [0.05, 0.1) is 22.3 Å². The molecule has 0 aliphatic carbocycles. The second-order valence-corrected chi connectivity index (χ2v) is 11.3. The van der Waals surface area contributed by atoms with Gasteiger partial charge in [-0.2, -0.15) is 0 Å². The molecule has 1 atom stereocenters. The largest absolute Gasteiger partial charge is 0.452 e. The molecule has 32 heavy (non-hydrogen) atoms. The van der Waals surface area contributed by atoms with Crippen LogP contribution in [0.1, 0.15) is 10.4 Å². The first-order valence-corrected chi connectivity index (χ1v) is 12.6. The number of amides is 1. The van der Waals surface area contributed by atoms with E-state index < -0.39 is 44.4 Å². The number of anilines is 1. The van der Waals surface area contributed by atoms with E-state index in [9.17, 15) is 26.4 Å². The minimum atomic E-state index is -3.64. The molecular formula is C21H22N2O7S2. The molecule has 0 radical (unpaired) electrons. The summed E-state index contributed by atoms with van der Waals surface area (Å²) in [6.45, 7) is -0.615. The number of nitrogens with zero attached hydrogens (tertiary/aromatic N) is 2. The summed E-state index contributed by atoms with van der Waals surface area (Å²) >= 11 is 0. The van der Waals surface area contributed by atoms with Crippen LogP contribution in [0.2, 0.25) is 0 Å². The van der Waals surface area contributed by atoms with Crippen molar-refractivity contribution in [1.29, 1.82) is 0 Å². The van der Waals surface area contributed by atoms with Gasteiger partial charge in [0.25, 0.3) is 5.91 Å². The lowest BCUT2D eigenvalue weighted by molar-refractivity contribution is -0.121. The SMILES string of the molecule is CN(C)S(=O)(=O)c1ccc(C(=O)OCC(=O)N(c2ccccc2)C2C=CS(=O)(=O)C2)cc1. The van der Waals surface area contributed by atoms with E-state index in [1.54, 1.807) is 30.3 Å². The summed E-state index contributed by atoms with van der Waals surface area (Å²) in [5, 5.41) is 1.07. The van der Waals surface area contributed by atoms with Gasteiger partial charge in [-0.3, -0.25) is 4.79 Å². The molecule has 170 valence electrons. The Kier molecular flexibility index (Phi) is 6.82. The zero-order valence-corrected chi connectivity index (χ0v) is 19.0. The molecule has 1 unspecified atom stereocenters. The summed E-state index contributed by atoms with van der Waals surface area (Å²) in [5.74, 6) is -1.67. The quantitative estimate of drug-likeness (QED) is 0.553. The molecule has 0 bridgehead atoms. The molecule has 0 saturated heterocycles. The lowest BCUT2D eigenvalue weighted by Gasteiger charge is -2.27. The van der Waals surface area contributed by atoms with Crippen LogP contribution in [0.25, 0.3) is 0 Å². The number of benzene rings is 2. The van der Waals surface area contributed by atoms with Crippen molar-refractivity contribution in [2.24, 2.45) is 0 Å². The van der Waals surface area contributed by atoms with Crippen LogP contribution < -0.4 is 4.90 Å². The number of carbonyl (C=O) groups excluding carboxylic acids is 2. The number of para-hydroxylation sites is 1. The molecule has 11 heteroatoms. The molecule has 0 saturated carbocycles. The van der Waals surface area contributed by atoms with Crippen LogP contribution in [0.15, 0.2) is 71.0 Å². The molecule has 3 rings (SSSR count). The Labute approximate surface area is 186 Å². The van der Waals surface area contributed by atoms with Gasteiger partial charge >= 0.3 is 5.97 Å². The number of rotatable bonds is 7. The van der Waals surface area contributed by atoms with Crippen molar-refractivity contribution in [1.82, 2.24) is 4.31 Å². The summed E-state index contributed by atoms with van der Waals surface area (Å²) in [4.78, 5) is 26.5. The van der Waals surface area contributed by atoms with Crippen molar-refractivity contribution in [2.75, 3.05) is 31.4 Å². The molecule has 1 aliphatic heterocycles. The molecular weight excluding hydrogens is 456 g/mol. The second kappa shape index (κ2) is 9.23. The fourth-order valence-corrected chi connectivity index (χ4v) is 5.25. The van der Waals surface area contributed by atoms with Gasteiger partial charge in [-0.05, 0) is 42.5 Å². The van der Waals surface area contributed by atoms with Crippen LogP contribution >= 0.6 is 0 Å². The van der Waals surface area contributed by atoms with Gasteiger partial charge in [-0.15, -0.1) is 0 Å². The number of ether oxygens (including phenoxy) is 1. The minimum absolute atomic E-state index is 0.0135. The minimum Gasteiger partial charge on any atom is -0.452 e. The van der Waals surface area contributed by atoms with Gasteiger partial charge in [-0.1, -0.05) is 18.2 Å². The monoisotopic (exact) mass is 478 g/mol. The molecule has 0 N–H and O–H groups in total. The third-order valence-corrected chi connectivity index (χ3v) is 7.95. The first-order valence-electron chi connectivity index (χ1n) is 9.49. The third kappa shape index (κ3) is 5.23. The third-order valence-electron chi connectivity index (χ3n) is 4.74. The van der Waals surface area contributed by atoms with Crippen LogP contribution in [-0.4, -0.2) is 65.5 Å². The predicted octanol–water partition coefficient (Wildman–Crippen LogP) is 1.44. The van der Waals surface area contributed by atoms with Crippen molar-refractivity contribution in [3.63, 3.8) is 0 Å². The first kappa shape index (κ1) is 23.6. The highest BCUT2D eigenvalue weighted by molar-refractivity contribution is 7.94. The van der Waals surface area contributed by atoms with Crippen LogP contribution in [0.5, 0.6) is 0 Å². The number of hydrogen-bond donors (Lipinski definition) is 0. The van der Waals surface area contributed by atoms with Gasteiger partial charge < -0.3 is 9.64 Å². The van der Waals surface area contributed by atoms with E-state index in [2.05, 4.69) is 0 Å². The Hall–Kier alpha value is -3.02. The van der Waals surface area contributed by atoms with Crippen LogP contribution in [0.4, 0.5) is 5.69 Å². The van der Waals surface area contributed by atoms with E-state index in [-0.39, 0.29) is 16.2 Å². The number of hydrogen-bond acceptors (Lipinski definition) is 7. The van der Waals surface area contributed by atoms with Crippen molar-refractivity contribution >= 4 is 37.4 Å². The topological polar surface area (TPSA) is 118 Å². The van der Waals surface area contributed by atoms with Crippen molar-refractivity contribution in [3.8, 4) is 0 Å². The summed E-state index contributed by atoms with van der Waals surface area (Å²) < 4.78 is 54.1. The number of esters is 1. The average molecular weight is 479 g/mol. The smallest absolute Gasteiger partial charge is 0.338 e. The summed E-state index contributed by atoms with van der Waals surface area (Å²) in [6.07, 6.45) is 1.42. The highest BCUT2D eigenvalue weighted by Crippen LogP contribution is 2.23. The Morgan fingerprint density at radius 3 is 2.19 bits per heavy atom. The van der Waals surface area contributed by atoms with Gasteiger partial charge in [0.1, 0.15) is 0 Å². The van der Waals surface area contributed by atoms with Gasteiger partial charge in [0.15, 0.2) is 16.4 Å². The van der Waals surface area contributed by atoms with E-state index >= 15 is 0 Å². The molecule has 1 heterocycles. The van der Waals surface area contributed by atoms with E-state index in [0.29, 0.717) is 5.69 Å². The van der Waals surface area contributed by atoms with Gasteiger partial charge in [0.2, 0.25) is 10.0 Å². The van der Waals surface area contributed by atoms with E-state index in [1.807, 2.05) is 0 Å². The van der Waals surface area contributed by atoms with Crippen molar-refractivity contribution in [3.05, 3.63) is 71.6 Å². The van der Waals surface area contributed by atoms with E-state index in [0.717, 1.165) is 9.71 Å². The summed E-state index contributed by atoms with van der Waals surface area (Å²) in [7, 11) is -4.26. The van der Waals surface area contributed by atoms with Gasteiger partial charge in [0, 0.05) is 25.2 Å². The summed E-state index contributed by atoms with van der Waals surface area (Å²) in [5.41, 5.74) is 0.545. The van der Waals surface area contributed by atoms with Crippen molar-refractivity contribution in [2.45, 2.75) is 10.9 Å². The standard InChI is InChI=1S/C21H22N2O7S2/c1-22(2)32(28,29)19-10-8-16(9-11-19)21(25)30-14-20(24)23(17-6-4-3-5-7-17)18-12-13-31(26,27)15-18/h3-13,18H,14-15H2,1-2H3. The molecule has 1 amide bonds. The Morgan fingerprint density at radius 2 is 1.66 bits per heavy atom. The Morgan fingerprint density at radius 1 is 1.03 bits per heavy atom. The van der Waals surface area contributed by atoms with Crippen LogP contribution in [0.3, 0.4) is 0 Å². The maximum absolute atomic E-state index is 12.9. The van der Waals surface area contributed by atoms with E-state index in [1.165, 1.54) is 49.3 Å². The molecule has 0 aromatic heterocycles. The zero-order valence-electron chi connectivity index (χ0n) is 17.4. The normalized spacial score (nSPS) is 17.3. The van der Waals surface area contributed by atoms with Crippen LogP contribution in [0, 0.1) is 0 Å².